The van der Waals surface area contributed by atoms with Crippen LogP contribution in [0.15, 0.2) is 66.7 Å². The molecular formula is C28H24N4O4. The number of rotatable bonds is 3. The Morgan fingerprint density at radius 1 is 0.972 bits per heavy atom. The average Bonchev–Trinajstić information content (AvgIpc) is 3.46. The first-order chi connectivity index (χ1) is 17.5. The maximum atomic E-state index is 13.1. The third-order valence-electron chi connectivity index (χ3n) is 7.32. The van der Waals surface area contributed by atoms with Gasteiger partial charge in [0.1, 0.15) is 6.04 Å². The minimum Gasteiger partial charge on any atom is -0.451 e. The Hall–Kier alpha value is -4.46. The van der Waals surface area contributed by atoms with Crippen LogP contribution in [-0.4, -0.2) is 40.6 Å². The SMILES string of the molecule is Nc1ccc(CC2Oc3ccc([C@@H]4c5[nH]c6ccccc6c5C[C@@H]5C(=O)NCC(=O)N45)cc3O2)cc1. The number of anilines is 1. The molecule has 180 valence electrons. The van der Waals surface area contributed by atoms with Gasteiger partial charge in [-0.05, 0) is 47.0 Å². The van der Waals surface area contributed by atoms with Gasteiger partial charge in [0.05, 0.1) is 12.6 Å². The maximum Gasteiger partial charge on any atom is 0.245 e. The lowest BCUT2D eigenvalue weighted by atomic mass is 9.86. The van der Waals surface area contributed by atoms with Gasteiger partial charge in [0.2, 0.25) is 18.1 Å². The molecule has 0 saturated carbocycles. The number of para-hydroxylation sites is 1. The van der Waals surface area contributed by atoms with E-state index < -0.39 is 18.4 Å². The van der Waals surface area contributed by atoms with Crippen LogP contribution in [0.4, 0.5) is 5.69 Å². The summed E-state index contributed by atoms with van der Waals surface area (Å²) in [5.41, 5.74) is 11.4. The van der Waals surface area contributed by atoms with Crippen molar-refractivity contribution in [3.8, 4) is 11.5 Å². The molecule has 4 heterocycles. The minimum atomic E-state index is -0.563. The first-order valence-electron chi connectivity index (χ1n) is 12.1. The molecule has 0 aliphatic carbocycles. The summed E-state index contributed by atoms with van der Waals surface area (Å²) in [6.07, 6.45) is 0.595. The Morgan fingerprint density at radius 3 is 2.64 bits per heavy atom. The molecule has 3 aromatic carbocycles. The van der Waals surface area contributed by atoms with Crippen molar-refractivity contribution in [3.63, 3.8) is 0 Å². The molecule has 3 atom stereocenters. The molecule has 1 aromatic heterocycles. The number of carbonyl (C=O) groups excluding carboxylic acids is 2. The lowest BCUT2D eigenvalue weighted by Crippen LogP contribution is -2.61. The molecule has 0 bridgehead atoms. The van der Waals surface area contributed by atoms with E-state index in [0.717, 1.165) is 33.3 Å². The molecule has 4 aromatic rings. The molecule has 8 nitrogen and oxygen atoms in total. The Kier molecular flexibility index (Phi) is 4.51. The van der Waals surface area contributed by atoms with E-state index in [0.29, 0.717) is 30.0 Å². The van der Waals surface area contributed by atoms with E-state index in [-0.39, 0.29) is 18.4 Å². The third kappa shape index (κ3) is 3.21. The second kappa shape index (κ2) is 7.78. The van der Waals surface area contributed by atoms with E-state index in [2.05, 4.69) is 16.4 Å². The predicted octanol–water partition coefficient (Wildman–Crippen LogP) is 3.06. The predicted molar refractivity (Wildman–Crippen MR) is 134 cm³/mol. The van der Waals surface area contributed by atoms with Gasteiger partial charge in [0.15, 0.2) is 11.5 Å². The second-order valence-corrected chi connectivity index (χ2v) is 9.52. The fourth-order valence-electron chi connectivity index (χ4n) is 5.64. The fraction of sp³-hybridized carbons (Fsp3) is 0.214. The van der Waals surface area contributed by atoms with E-state index in [1.807, 2.05) is 60.7 Å². The van der Waals surface area contributed by atoms with Crippen LogP contribution >= 0.6 is 0 Å². The normalized spacial score (nSPS) is 22.3. The van der Waals surface area contributed by atoms with Gasteiger partial charge in [-0.2, -0.15) is 0 Å². The van der Waals surface area contributed by atoms with Gasteiger partial charge in [0, 0.05) is 35.1 Å². The van der Waals surface area contributed by atoms with E-state index in [4.69, 9.17) is 15.2 Å². The molecule has 8 heteroatoms. The molecule has 1 fully saturated rings. The van der Waals surface area contributed by atoms with Crippen molar-refractivity contribution in [3.05, 3.63) is 89.1 Å². The molecule has 1 unspecified atom stereocenters. The highest BCUT2D eigenvalue weighted by atomic mass is 16.7. The minimum absolute atomic E-state index is 0.00435. The van der Waals surface area contributed by atoms with Gasteiger partial charge in [-0.25, -0.2) is 0 Å². The van der Waals surface area contributed by atoms with Gasteiger partial charge in [0.25, 0.3) is 0 Å². The van der Waals surface area contributed by atoms with Crippen molar-refractivity contribution in [2.45, 2.75) is 31.2 Å². The smallest absolute Gasteiger partial charge is 0.245 e. The molecule has 3 aliphatic rings. The molecule has 0 radical (unpaired) electrons. The molecule has 7 rings (SSSR count). The standard InChI is InChI=1S/C28H24N4O4/c29-17-8-5-15(6-9-17)11-25-35-22-10-7-16(12-23(22)36-25)27-26-19(18-3-1-2-4-20(18)31-26)13-21-28(34)30-14-24(33)32(21)27/h1-10,12,21,25,27,31H,11,13-14,29H2,(H,30,34)/t21-,25?,27-/m1/s1. The number of fused-ring (bicyclic) bond motifs is 5. The number of nitrogens with one attached hydrogen (secondary N) is 2. The van der Waals surface area contributed by atoms with Crippen LogP contribution < -0.4 is 20.5 Å². The summed E-state index contributed by atoms with van der Waals surface area (Å²) in [5, 5.41) is 3.83. The highest BCUT2D eigenvalue weighted by molar-refractivity contribution is 5.97. The van der Waals surface area contributed by atoms with Crippen molar-refractivity contribution < 1.29 is 19.1 Å². The average molecular weight is 481 g/mol. The fourth-order valence-corrected chi connectivity index (χ4v) is 5.64. The number of aromatic amines is 1. The lowest BCUT2D eigenvalue weighted by molar-refractivity contribution is -0.148. The first-order valence-corrected chi connectivity index (χ1v) is 12.1. The molecule has 1 saturated heterocycles. The molecule has 4 N–H and O–H groups in total. The number of piperazine rings is 1. The van der Waals surface area contributed by atoms with Gasteiger partial charge < -0.3 is 30.4 Å². The topological polar surface area (TPSA) is 110 Å². The van der Waals surface area contributed by atoms with E-state index in [1.54, 1.807) is 4.90 Å². The first kappa shape index (κ1) is 20.9. The number of hydrogen-bond donors (Lipinski definition) is 3. The Bertz CT molecular complexity index is 1530. The van der Waals surface area contributed by atoms with Crippen molar-refractivity contribution in [1.82, 2.24) is 15.2 Å². The van der Waals surface area contributed by atoms with Crippen molar-refractivity contribution >= 4 is 28.4 Å². The quantitative estimate of drug-likeness (QED) is 0.391. The number of nitrogen functional groups attached to an aromatic ring is 1. The summed E-state index contributed by atoms with van der Waals surface area (Å²) >= 11 is 0. The number of benzene rings is 3. The van der Waals surface area contributed by atoms with Crippen LogP contribution in [0.2, 0.25) is 0 Å². The summed E-state index contributed by atoms with van der Waals surface area (Å²) in [6, 6.07) is 20.5. The zero-order valence-corrected chi connectivity index (χ0v) is 19.4. The Labute approximate surface area is 207 Å². The monoisotopic (exact) mass is 480 g/mol. The summed E-state index contributed by atoms with van der Waals surface area (Å²) in [6.45, 7) is -0.00435. The summed E-state index contributed by atoms with van der Waals surface area (Å²) in [4.78, 5) is 31.3. The molecule has 3 aliphatic heterocycles. The van der Waals surface area contributed by atoms with Crippen LogP contribution in [0.5, 0.6) is 11.5 Å². The van der Waals surface area contributed by atoms with Gasteiger partial charge >= 0.3 is 0 Å². The van der Waals surface area contributed by atoms with Crippen LogP contribution in [-0.2, 0) is 22.4 Å². The summed E-state index contributed by atoms with van der Waals surface area (Å²) in [7, 11) is 0. The Morgan fingerprint density at radius 2 is 1.78 bits per heavy atom. The third-order valence-corrected chi connectivity index (χ3v) is 7.32. The number of carbonyl (C=O) groups is 2. The van der Waals surface area contributed by atoms with Crippen molar-refractivity contribution in [2.75, 3.05) is 12.3 Å². The van der Waals surface area contributed by atoms with Crippen LogP contribution in [0, 0.1) is 0 Å². The van der Waals surface area contributed by atoms with Crippen LogP contribution in [0.1, 0.15) is 28.4 Å². The lowest BCUT2D eigenvalue weighted by Gasteiger charge is -2.44. The van der Waals surface area contributed by atoms with Crippen molar-refractivity contribution in [2.24, 2.45) is 0 Å². The maximum absolute atomic E-state index is 13.1. The molecule has 2 amide bonds. The van der Waals surface area contributed by atoms with Gasteiger partial charge in [-0.15, -0.1) is 0 Å². The van der Waals surface area contributed by atoms with Gasteiger partial charge in [-0.1, -0.05) is 36.4 Å². The van der Waals surface area contributed by atoms with Crippen molar-refractivity contribution in [1.29, 1.82) is 0 Å². The van der Waals surface area contributed by atoms with Crippen LogP contribution in [0.3, 0.4) is 0 Å². The van der Waals surface area contributed by atoms with E-state index in [1.165, 1.54) is 0 Å². The summed E-state index contributed by atoms with van der Waals surface area (Å²) < 4.78 is 12.2. The number of hydrogen-bond acceptors (Lipinski definition) is 5. The zero-order chi connectivity index (χ0) is 24.4. The number of amides is 2. The number of nitrogens with zero attached hydrogens (tertiary/aromatic N) is 1. The molecule has 0 spiro atoms. The highest BCUT2D eigenvalue weighted by Gasteiger charge is 2.46. The number of nitrogens with two attached hydrogens (primary N) is 1. The van der Waals surface area contributed by atoms with E-state index >= 15 is 0 Å². The number of H-pyrrole nitrogens is 1. The van der Waals surface area contributed by atoms with E-state index in [9.17, 15) is 9.59 Å². The highest BCUT2D eigenvalue weighted by Crippen LogP contribution is 2.45. The largest absolute Gasteiger partial charge is 0.451 e. The number of aromatic nitrogens is 1. The second-order valence-electron chi connectivity index (χ2n) is 9.52. The van der Waals surface area contributed by atoms with Gasteiger partial charge in [-0.3, -0.25) is 9.59 Å². The van der Waals surface area contributed by atoms with Crippen LogP contribution in [0.25, 0.3) is 10.9 Å². The summed E-state index contributed by atoms with van der Waals surface area (Å²) in [5.74, 6) is 1.06. The molecule has 36 heavy (non-hydrogen) atoms. The molecular weight excluding hydrogens is 456 g/mol. The Balaban J connectivity index is 1.27. The number of ether oxygens (including phenoxy) is 2. The zero-order valence-electron chi connectivity index (χ0n) is 19.4.